The Morgan fingerprint density at radius 1 is 1.25 bits per heavy atom. The van der Waals surface area contributed by atoms with Gasteiger partial charge in [0.15, 0.2) is 5.69 Å². The third kappa shape index (κ3) is 2.73. The fourth-order valence-corrected chi connectivity index (χ4v) is 2.08. The Bertz CT molecular complexity index is 543. The zero-order chi connectivity index (χ0) is 15.3. The number of carbonyl (C=O) groups excluding carboxylic acids is 1. The van der Waals surface area contributed by atoms with Crippen molar-refractivity contribution < 1.29 is 22.7 Å². The van der Waals surface area contributed by atoms with Crippen molar-refractivity contribution in [1.82, 2.24) is 14.7 Å². The highest BCUT2D eigenvalue weighted by Gasteiger charge is 2.42. The Morgan fingerprint density at radius 3 is 2.35 bits per heavy atom. The summed E-state index contributed by atoms with van der Waals surface area (Å²) in [4.78, 5) is 13.1. The maximum absolute atomic E-state index is 12.8. The Labute approximate surface area is 114 Å². The standard InChI is InChI=1S/C12H16F3N3O2/c1-11(2,3)20-10(19)18-5-7-8(6-18)17(4)16-9(7)12(13,14)15/h5-6H2,1-4H3. The third-order valence-corrected chi connectivity index (χ3v) is 2.88. The van der Waals surface area contributed by atoms with Crippen LogP contribution in [0.25, 0.3) is 0 Å². The minimum Gasteiger partial charge on any atom is -0.444 e. The van der Waals surface area contributed by atoms with Gasteiger partial charge in [-0.2, -0.15) is 18.3 Å². The van der Waals surface area contributed by atoms with Crippen molar-refractivity contribution in [1.29, 1.82) is 0 Å². The summed E-state index contributed by atoms with van der Waals surface area (Å²) >= 11 is 0. The minimum absolute atomic E-state index is 0.0471. The summed E-state index contributed by atoms with van der Waals surface area (Å²) in [5.74, 6) is 0. The van der Waals surface area contributed by atoms with Crippen molar-refractivity contribution in [2.45, 2.75) is 45.6 Å². The molecule has 2 heterocycles. The van der Waals surface area contributed by atoms with Crippen LogP contribution in [0, 0.1) is 0 Å². The first-order valence-electron chi connectivity index (χ1n) is 6.09. The van der Waals surface area contributed by atoms with Crippen LogP contribution in [0.15, 0.2) is 0 Å². The number of amides is 1. The predicted octanol–water partition coefficient (Wildman–Crippen LogP) is 2.69. The van der Waals surface area contributed by atoms with Crippen molar-refractivity contribution in [2.75, 3.05) is 0 Å². The molecule has 8 heteroatoms. The molecule has 0 radical (unpaired) electrons. The lowest BCUT2D eigenvalue weighted by Gasteiger charge is -2.24. The molecular weight excluding hydrogens is 275 g/mol. The number of aromatic nitrogens is 2. The van der Waals surface area contributed by atoms with E-state index >= 15 is 0 Å². The molecule has 0 spiro atoms. The number of fused-ring (bicyclic) bond motifs is 1. The number of hydrogen-bond donors (Lipinski definition) is 0. The fourth-order valence-electron chi connectivity index (χ4n) is 2.08. The smallest absolute Gasteiger partial charge is 0.435 e. The van der Waals surface area contributed by atoms with Gasteiger partial charge in [-0.05, 0) is 20.8 Å². The Balaban J connectivity index is 2.22. The lowest BCUT2D eigenvalue weighted by atomic mass is 10.2. The van der Waals surface area contributed by atoms with Gasteiger partial charge in [0.05, 0.1) is 18.8 Å². The van der Waals surface area contributed by atoms with E-state index in [1.54, 1.807) is 20.8 Å². The van der Waals surface area contributed by atoms with Crippen LogP contribution in [0.1, 0.15) is 37.7 Å². The second-order valence-electron chi connectivity index (χ2n) is 5.73. The zero-order valence-corrected chi connectivity index (χ0v) is 11.7. The Morgan fingerprint density at radius 2 is 1.85 bits per heavy atom. The molecule has 5 nitrogen and oxygen atoms in total. The molecule has 1 aliphatic rings. The van der Waals surface area contributed by atoms with E-state index in [-0.39, 0.29) is 18.7 Å². The molecule has 0 fully saturated rings. The molecular formula is C12H16F3N3O2. The van der Waals surface area contributed by atoms with Gasteiger partial charge < -0.3 is 4.74 Å². The molecule has 0 atom stereocenters. The lowest BCUT2D eigenvalue weighted by molar-refractivity contribution is -0.142. The molecule has 1 aliphatic heterocycles. The van der Waals surface area contributed by atoms with Crippen LogP contribution < -0.4 is 0 Å². The molecule has 0 N–H and O–H groups in total. The quantitative estimate of drug-likeness (QED) is 0.738. The van der Waals surface area contributed by atoms with Crippen LogP contribution >= 0.6 is 0 Å². The zero-order valence-electron chi connectivity index (χ0n) is 11.7. The summed E-state index contributed by atoms with van der Waals surface area (Å²) in [5.41, 5.74) is -1.17. The number of aryl methyl sites for hydroxylation is 1. The fraction of sp³-hybridized carbons (Fsp3) is 0.667. The first kappa shape index (κ1) is 14.7. The Kier molecular flexibility index (Phi) is 3.22. The molecule has 0 saturated heterocycles. The minimum atomic E-state index is -4.52. The molecule has 1 amide bonds. The number of alkyl halides is 3. The van der Waals surface area contributed by atoms with E-state index in [9.17, 15) is 18.0 Å². The SMILES string of the molecule is Cn1nc(C(F)(F)F)c2c1CN(C(=O)OC(C)(C)C)C2. The van der Waals surface area contributed by atoms with Crippen LogP contribution in [-0.2, 0) is 31.1 Å². The largest absolute Gasteiger partial charge is 0.444 e. The number of hydrogen-bond acceptors (Lipinski definition) is 3. The molecule has 112 valence electrons. The average molecular weight is 291 g/mol. The van der Waals surface area contributed by atoms with Gasteiger partial charge in [-0.1, -0.05) is 0 Å². The van der Waals surface area contributed by atoms with Gasteiger partial charge in [0, 0.05) is 12.6 Å². The van der Waals surface area contributed by atoms with E-state index in [1.165, 1.54) is 16.6 Å². The summed E-state index contributed by atoms with van der Waals surface area (Å²) in [5, 5.41) is 3.48. The van der Waals surface area contributed by atoms with E-state index < -0.39 is 23.6 Å². The maximum atomic E-state index is 12.8. The highest BCUT2D eigenvalue weighted by atomic mass is 19.4. The second-order valence-corrected chi connectivity index (χ2v) is 5.73. The maximum Gasteiger partial charge on any atom is 0.435 e. The highest BCUT2D eigenvalue weighted by Crippen LogP contribution is 2.36. The third-order valence-electron chi connectivity index (χ3n) is 2.88. The van der Waals surface area contributed by atoms with Gasteiger partial charge in [0.1, 0.15) is 5.60 Å². The van der Waals surface area contributed by atoms with E-state index in [2.05, 4.69) is 5.10 Å². The van der Waals surface area contributed by atoms with Gasteiger partial charge in [-0.25, -0.2) is 4.79 Å². The van der Waals surface area contributed by atoms with Crippen molar-refractivity contribution in [3.05, 3.63) is 17.0 Å². The van der Waals surface area contributed by atoms with Crippen molar-refractivity contribution in [3.8, 4) is 0 Å². The first-order chi connectivity index (χ1) is 8.99. The average Bonchev–Trinajstić information content (AvgIpc) is 2.75. The molecule has 1 aromatic rings. The van der Waals surface area contributed by atoms with Gasteiger partial charge in [0.2, 0.25) is 0 Å². The molecule has 1 aromatic heterocycles. The van der Waals surface area contributed by atoms with Crippen LogP contribution in [0.5, 0.6) is 0 Å². The van der Waals surface area contributed by atoms with Crippen LogP contribution in [-0.4, -0.2) is 26.4 Å². The number of carbonyl (C=O) groups is 1. The molecule has 0 bridgehead atoms. The van der Waals surface area contributed by atoms with Gasteiger partial charge in [0.25, 0.3) is 0 Å². The summed E-state index contributed by atoms with van der Waals surface area (Å²) in [6.07, 6.45) is -5.14. The lowest BCUT2D eigenvalue weighted by Crippen LogP contribution is -2.34. The molecule has 2 rings (SSSR count). The molecule has 0 aromatic carbocycles. The summed E-state index contributed by atoms with van der Waals surface area (Å²) < 4.78 is 44.9. The second kappa shape index (κ2) is 4.39. The van der Waals surface area contributed by atoms with Crippen molar-refractivity contribution in [3.63, 3.8) is 0 Å². The van der Waals surface area contributed by atoms with Crippen molar-refractivity contribution in [2.24, 2.45) is 7.05 Å². The van der Waals surface area contributed by atoms with Crippen LogP contribution in [0.3, 0.4) is 0 Å². The molecule has 0 aliphatic carbocycles. The molecule has 0 saturated carbocycles. The number of nitrogens with zero attached hydrogens (tertiary/aromatic N) is 3. The van der Waals surface area contributed by atoms with E-state index in [4.69, 9.17) is 4.74 Å². The van der Waals surface area contributed by atoms with E-state index in [1.807, 2.05) is 0 Å². The first-order valence-corrected chi connectivity index (χ1v) is 6.09. The van der Waals surface area contributed by atoms with Crippen molar-refractivity contribution >= 4 is 6.09 Å². The van der Waals surface area contributed by atoms with Gasteiger partial charge >= 0.3 is 12.3 Å². The summed E-state index contributed by atoms with van der Waals surface area (Å²) in [7, 11) is 1.44. The predicted molar refractivity (Wildman–Crippen MR) is 63.7 cm³/mol. The topological polar surface area (TPSA) is 47.4 Å². The molecule has 0 unspecified atom stereocenters. The normalized spacial score (nSPS) is 15.4. The summed E-state index contributed by atoms with van der Waals surface area (Å²) in [6, 6.07) is 0. The number of halogens is 3. The van der Waals surface area contributed by atoms with Gasteiger partial charge in [-0.15, -0.1) is 0 Å². The van der Waals surface area contributed by atoms with Gasteiger partial charge in [-0.3, -0.25) is 9.58 Å². The monoisotopic (exact) mass is 291 g/mol. The van der Waals surface area contributed by atoms with E-state index in [0.717, 1.165) is 0 Å². The number of rotatable bonds is 0. The highest BCUT2D eigenvalue weighted by molar-refractivity contribution is 5.69. The van der Waals surface area contributed by atoms with E-state index in [0.29, 0.717) is 5.69 Å². The summed E-state index contributed by atoms with van der Waals surface area (Å²) in [6.45, 7) is 5.06. The molecule has 20 heavy (non-hydrogen) atoms. The Hall–Kier alpha value is -1.73. The van der Waals surface area contributed by atoms with Crippen LogP contribution in [0.2, 0.25) is 0 Å². The van der Waals surface area contributed by atoms with Crippen LogP contribution in [0.4, 0.5) is 18.0 Å². The number of ether oxygens (including phenoxy) is 1.